The fourth-order valence-electron chi connectivity index (χ4n) is 3.09. The van der Waals surface area contributed by atoms with Crippen LogP contribution >= 0.6 is 24.0 Å². The molecule has 1 aliphatic heterocycles. The first-order valence-corrected chi connectivity index (χ1v) is 9.01. The number of nitrogens with one attached hydrogen (secondary N) is 1. The molecule has 1 aromatic carbocycles. The van der Waals surface area contributed by atoms with E-state index in [1.165, 1.54) is 19.4 Å². The number of ether oxygens (including phenoxy) is 1. The zero-order valence-electron chi connectivity index (χ0n) is 15.9. The molecular weight excluding hydrogens is 427 g/mol. The highest BCUT2D eigenvalue weighted by Crippen LogP contribution is 2.19. The first-order chi connectivity index (χ1) is 11.4. The van der Waals surface area contributed by atoms with E-state index < -0.39 is 0 Å². The number of likely N-dealkylation sites (tertiary alicyclic amines) is 1. The van der Waals surface area contributed by atoms with Crippen LogP contribution < -0.4 is 15.8 Å². The molecule has 0 aromatic heterocycles. The van der Waals surface area contributed by atoms with Crippen LogP contribution in [-0.2, 0) is 0 Å². The topological polar surface area (TPSA) is 62.9 Å². The van der Waals surface area contributed by atoms with Crippen LogP contribution in [0.1, 0.15) is 40.5 Å². The third-order valence-corrected chi connectivity index (χ3v) is 4.07. The van der Waals surface area contributed by atoms with E-state index in [9.17, 15) is 0 Å². The monoisotopic (exact) mass is 460 g/mol. The van der Waals surface area contributed by atoms with Crippen LogP contribution in [0.5, 0.6) is 5.75 Å². The Morgan fingerprint density at radius 2 is 1.96 bits per heavy atom. The third-order valence-electron chi connectivity index (χ3n) is 4.07. The number of nitrogens with zero attached hydrogens (tertiary/aromatic N) is 2. The molecule has 3 N–H and O–H groups in total. The second kappa shape index (κ2) is 10.9. The second-order valence-corrected chi connectivity index (χ2v) is 7.23. The van der Waals surface area contributed by atoms with Crippen LogP contribution in [0.3, 0.4) is 0 Å². The Bertz CT molecular complexity index is 531. The highest BCUT2D eigenvalue weighted by atomic mass is 127. The maximum atomic E-state index is 6.04. The minimum Gasteiger partial charge on any atom is -0.491 e. The van der Waals surface area contributed by atoms with Gasteiger partial charge in [0.2, 0.25) is 0 Å². The largest absolute Gasteiger partial charge is 0.491 e. The first kappa shape index (κ1) is 22.0. The van der Waals surface area contributed by atoms with Gasteiger partial charge >= 0.3 is 0 Å². The zero-order valence-corrected chi connectivity index (χ0v) is 18.2. The van der Waals surface area contributed by atoms with Crippen molar-refractivity contribution in [2.24, 2.45) is 16.6 Å². The SMILES string of the molecule is CC(C)CN1CCC[C@H]1CN=C(N)Nc1ccc(OC(C)C)cc1.I. The lowest BCUT2D eigenvalue weighted by molar-refractivity contribution is 0.231. The molecule has 0 spiro atoms. The molecule has 142 valence electrons. The number of aliphatic imine (C=N–C) groups is 1. The average Bonchev–Trinajstić information content (AvgIpc) is 2.93. The number of guanidine groups is 1. The van der Waals surface area contributed by atoms with E-state index in [1.54, 1.807) is 0 Å². The van der Waals surface area contributed by atoms with E-state index in [2.05, 4.69) is 29.1 Å². The van der Waals surface area contributed by atoms with Gasteiger partial charge in [0.25, 0.3) is 0 Å². The van der Waals surface area contributed by atoms with Gasteiger partial charge in [0, 0.05) is 18.3 Å². The van der Waals surface area contributed by atoms with Gasteiger partial charge in [-0.1, -0.05) is 13.8 Å². The Labute approximate surface area is 169 Å². The maximum Gasteiger partial charge on any atom is 0.193 e. The van der Waals surface area contributed by atoms with Crippen molar-refractivity contribution in [3.63, 3.8) is 0 Å². The van der Waals surface area contributed by atoms with Gasteiger partial charge in [-0.15, -0.1) is 24.0 Å². The van der Waals surface area contributed by atoms with Gasteiger partial charge < -0.3 is 15.8 Å². The molecule has 0 radical (unpaired) electrons. The summed E-state index contributed by atoms with van der Waals surface area (Å²) in [6.07, 6.45) is 2.65. The fourth-order valence-corrected chi connectivity index (χ4v) is 3.09. The number of nitrogens with two attached hydrogens (primary N) is 1. The number of hydrogen-bond acceptors (Lipinski definition) is 3. The molecule has 1 fully saturated rings. The van der Waals surface area contributed by atoms with E-state index in [4.69, 9.17) is 10.5 Å². The molecule has 2 rings (SSSR count). The van der Waals surface area contributed by atoms with Crippen LogP contribution in [0, 0.1) is 5.92 Å². The summed E-state index contributed by atoms with van der Waals surface area (Å²) >= 11 is 0. The Balaban J connectivity index is 0.00000312. The van der Waals surface area contributed by atoms with Crippen molar-refractivity contribution in [2.75, 3.05) is 25.0 Å². The van der Waals surface area contributed by atoms with Gasteiger partial charge in [0.1, 0.15) is 5.75 Å². The molecule has 5 nitrogen and oxygen atoms in total. The summed E-state index contributed by atoms with van der Waals surface area (Å²) in [5.41, 5.74) is 6.97. The minimum atomic E-state index is 0. The lowest BCUT2D eigenvalue weighted by Crippen LogP contribution is -2.35. The minimum absolute atomic E-state index is 0. The number of halogens is 1. The molecule has 0 aliphatic carbocycles. The highest BCUT2D eigenvalue weighted by Gasteiger charge is 2.24. The van der Waals surface area contributed by atoms with Gasteiger partial charge in [-0.2, -0.15) is 0 Å². The van der Waals surface area contributed by atoms with E-state index in [1.807, 2.05) is 38.1 Å². The van der Waals surface area contributed by atoms with Crippen molar-refractivity contribution in [3.8, 4) is 5.75 Å². The summed E-state index contributed by atoms with van der Waals surface area (Å²) in [5.74, 6) is 2.03. The van der Waals surface area contributed by atoms with Gasteiger partial charge in [0.05, 0.1) is 12.6 Å². The van der Waals surface area contributed by atoms with E-state index in [0.29, 0.717) is 17.9 Å². The second-order valence-electron chi connectivity index (χ2n) is 7.23. The molecule has 1 aromatic rings. The molecule has 6 heteroatoms. The van der Waals surface area contributed by atoms with Crippen LogP contribution in [0.15, 0.2) is 29.3 Å². The molecule has 0 amide bonds. The number of anilines is 1. The maximum absolute atomic E-state index is 6.04. The molecule has 25 heavy (non-hydrogen) atoms. The number of hydrogen-bond donors (Lipinski definition) is 2. The summed E-state index contributed by atoms with van der Waals surface area (Å²) < 4.78 is 5.64. The molecule has 1 atom stereocenters. The van der Waals surface area contributed by atoms with Gasteiger partial charge in [-0.05, 0) is 63.4 Å². The third kappa shape index (κ3) is 7.81. The van der Waals surface area contributed by atoms with Crippen LogP contribution in [0.25, 0.3) is 0 Å². The molecular formula is C19H33IN4O. The zero-order chi connectivity index (χ0) is 17.5. The smallest absolute Gasteiger partial charge is 0.193 e. The summed E-state index contributed by atoms with van der Waals surface area (Å²) in [7, 11) is 0. The summed E-state index contributed by atoms with van der Waals surface area (Å²) in [6.45, 7) is 11.7. The van der Waals surface area contributed by atoms with Crippen molar-refractivity contribution in [1.29, 1.82) is 0 Å². The van der Waals surface area contributed by atoms with Crippen molar-refractivity contribution in [1.82, 2.24) is 4.90 Å². The standard InChI is InChI=1S/C19H32N4O.HI/c1-14(2)13-23-11-5-6-17(23)12-21-19(20)22-16-7-9-18(10-8-16)24-15(3)4;/h7-10,14-15,17H,5-6,11-13H2,1-4H3,(H3,20,21,22);1H/t17-;/m0./s1. The summed E-state index contributed by atoms with van der Waals surface area (Å²) in [5, 5.41) is 3.16. The van der Waals surface area contributed by atoms with Crippen molar-refractivity contribution in [3.05, 3.63) is 24.3 Å². The molecule has 1 heterocycles. The lowest BCUT2D eigenvalue weighted by Gasteiger charge is -2.24. The molecule has 0 saturated carbocycles. The Morgan fingerprint density at radius 1 is 1.28 bits per heavy atom. The van der Waals surface area contributed by atoms with E-state index in [-0.39, 0.29) is 30.1 Å². The predicted molar refractivity (Wildman–Crippen MR) is 117 cm³/mol. The van der Waals surface area contributed by atoms with Crippen molar-refractivity contribution >= 4 is 35.6 Å². The van der Waals surface area contributed by atoms with E-state index >= 15 is 0 Å². The Hall–Kier alpha value is -1.02. The summed E-state index contributed by atoms with van der Waals surface area (Å²) in [4.78, 5) is 7.08. The van der Waals surface area contributed by atoms with Crippen LogP contribution in [-0.4, -0.2) is 42.6 Å². The van der Waals surface area contributed by atoms with Crippen LogP contribution in [0.4, 0.5) is 5.69 Å². The Kier molecular flexibility index (Phi) is 9.56. The molecule has 1 saturated heterocycles. The predicted octanol–water partition coefficient (Wildman–Crippen LogP) is 3.94. The molecule has 1 aliphatic rings. The van der Waals surface area contributed by atoms with E-state index in [0.717, 1.165) is 24.5 Å². The normalized spacial score (nSPS) is 18.5. The van der Waals surface area contributed by atoms with Crippen LogP contribution in [0.2, 0.25) is 0 Å². The Morgan fingerprint density at radius 3 is 2.56 bits per heavy atom. The molecule has 0 unspecified atom stereocenters. The molecule has 0 bridgehead atoms. The summed E-state index contributed by atoms with van der Waals surface area (Å²) in [6, 6.07) is 8.32. The lowest BCUT2D eigenvalue weighted by atomic mass is 10.2. The first-order valence-electron chi connectivity index (χ1n) is 9.01. The van der Waals surface area contributed by atoms with Gasteiger partial charge in [-0.3, -0.25) is 9.89 Å². The van der Waals surface area contributed by atoms with Crippen molar-refractivity contribution < 1.29 is 4.74 Å². The van der Waals surface area contributed by atoms with Crippen molar-refractivity contribution in [2.45, 2.75) is 52.7 Å². The highest BCUT2D eigenvalue weighted by molar-refractivity contribution is 14.0. The fraction of sp³-hybridized carbons (Fsp3) is 0.632. The van der Waals surface area contributed by atoms with Gasteiger partial charge in [-0.25, -0.2) is 0 Å². The number of rotatable bonds is 7. The average molecular weight is 460 g/mol. The number of benzene rings is 1. The van der Waals surface area contributed by atoms with Gasteiger partial charge in [0.15, 0.2) is 5.96 Å². The quantitative estimate of drug-likeness (QED) is 0.368.